The molecule has 0 heterocycles. The van der Waals surface area contributed by atoms with Crippen LogP contribution in [0.2, 0.25) is 0 Å². The van der Waals surface area contributed by atoms with Crippen LogP contribution in [0.25, 0.3) is 0 Å². The van der Waals surface area contributed by atoms with E-state index in [9.17, 15) is 9.59 Å². The average Bonchev–Trinajstić information content (AvgIpc) is 2.72. The molecule has 0 aliphatic heterocycles. The first kappa shape index (κ1) is 28.9. The third kappa shape index (κ3) is 12.2. The van der Waals surface area contributed by atoms with Crippen molar-refractivity contribution in [1.29, 1.82) is 0 Å². The number of nitrogens with zero attached hydrogens (tertiary/aromatic N) is 1. The van der Waals surface area contributed by atoms with Gasteiger partial charge in [-0.25, -0.2) is 0 Å². The zero-order chi connectivity index (χ0) is 20.3. The minimum Gasteiger partial charge on any atom is -0.317 e. The summed E-state index contributed by atoms with van der Waals surface area (Å²) in [5, 5.41) is 3.21. The molecule has 1 aliphatic rings. The number of imide groups is 1. The molecule has 150 valence electrons. The van der Waals surface area contributed by atoms with Crippen molar-refractivity contribution in [1.82, 2.24) is 10.2 Å². The third-order valence-corrected chi connectivity index (χ3v) is 5.15. The van der Waals surface area contributed by atoms with Crippen LogP contribution in [0.5, 0.6) is 0 Å². The second kappa shape index (κ2) is 21.2. The largest absolute Gasteiger partial charge is 0.317 e. The van der Waals surface area contributed by atoms with Gasteiger partial charge in [-0.1, -0.05) is 34.6 Å². The van der Waals surface area contributed by atoms with Crippen LogP contribution in [0.15, 0.2) is 0 Å². The van der Waals surface area contributed by atoms with Gasteiger partial charge in [0.15, 0.2) is 0 Å². The van der Waals surface area contributed by atoms with Gasteiger partial charge in [0.05, 0.1) is 5.25 Å². The fourth-order valence-corrected chi connectivity index (χ4v) is 3.39. The molecule has 1 N–H and O–H groups in total. The predicted molar refractivity (Wildman–Crippen MR) is 110 cm³/mol. The maximum absolute atomic E-state index is 12.2. The van der Waals surface area contributed by atoms with Gasteiger partial charge in [-0.05, 0) is 51.3 Å². The van der Waals surface area contributed by atoms with E-state index in [1.165, 1.54) is 16.7 Å². The highest BCUT2D eigenvalue weighted by atomic mass is 32.2. The van der Waals surface area contributed by atoms with Crippen LogP contribution in [0.1, 0.15) is 66.7 Å². The van der Waals surface area contributed by atoms with Crippen LogP contribution in [0.4, 0.5) is 0 Å². The molecule has 0 spiro atoms. The Kier molecular flexibility index (Phi) is 24.5. The molecule has 0 radical (unpaired) electrons. The lowest BCUT2D eigenvalue weighted by Gasteiger charge is -2.31. The smallest absolute Gasteiger partial charge is 0.242 e. The summed E-state index contributed by atoms with van der Waals surface area (Å²) < 4.78 is 0. The summed E-state index contributed by atoms with van der Waals surface area (Å²) >= 11 is 1.53. The van der Waals surface area contributed by atoms with E-state index in [0.717, 1.165) is 32.1 Å². The molecular formula is C19H40N2O3S. The van der Waals surface area contributed by atoms with Crippen molar-refractivity contribution < 1.29 is 14.4 Å². The lowest BCUT2D eigenvalue weighted by Crippen LogP contribution is -2.41. The summed E-state index contributed by atoms with van der Waals surface area (Å²) in [6.07, 6.45) is 7.89. The number of nitrogens with one attached hydrogen (secondary N) is 1. The molecule has 1 rings (SSSR count). The van der Waals surface area contributed by atoms with Crippen LogP contribution in [0.3, 0.4) is 0 Å². The van der Waals surface area contributed by atoms with Crippen LogP contribution < -0.4 is 5.32 Å². The van der Waals surface area contributed by atoms with Crippen LogP contribution in [0, 0.1) is 5.92 Å². The summed E-state index contributed by atoms with van der Waals surface area (Å²) in [6, 6.07) is 0.603. The Morgan fingerprint density at radius 2 is 1.68 bits per heavy atom. The monoisotopic (exact) mass is 376 g/mol. The molecule has 1 saturated carbocycles. The summed E-state index contributed by atoms with van der Waals surface area (Å²) in [5.74, 6) is 0.443. The summed E-state index contributed by atoms with van der Waals surface area (Å²) in [6.45, 7) is 12.6. The number of carbonyl (C=O) groups is 3. The van der Waals surface area contributed by atoms with Gasteiger partial charge >= 0.3 is 0 Å². The van der Waals surface area contributed by atoms with Crippen molar-refractivity contribution in [2.24, 2.45) is 5.92 Å². The first-order valence-corrected chi connectivity index (χ1v) is 10.7. The van der Waals surface area contributed by atoms with Crippen LogP contribution in [-0.2, 0) is 14.4 Å². The van der Waals surface area contributed by atoms with Gasteiger partial charge in [0.2, 0.25) is 12.3 Å². The highest BCUT2D eigenvalue weighted by molar-refractivity contribution is 7.99. The standard InChI is InChI=1S/C14H26N2O2S.2C2H6.CH2O/c1-4-13(19-3)14(18)16(10-17)9-11-5-7-12(15-2)8-6-11;3*1-2/h10-13,15H,4-9H2,1-3H3;2*1-2H3;1H2. The molecule has 0 saturated heterocycles. The van der Waals surface area contributed by atoms with E-state index < -0.39 is 0 Å². The second-order valence-electron chi connectivity index (χ2n) is 5.23. The topological polar surface area (TPSA) is 66.5 Å². The van der Waals surface area contributed by atoms with E-state index in [4.69, 9.17) is 4.79 Å². The highest BCUT2D eigenvalue weighted by Gasteiger charge is 2.27. The van der Waals surface area contributed by atoms with Gasteiger partial charge in [-0.2, -0.15) is 11.8 Å². The molecule has 1 fully saturated rings. The molecule has 1 unspecified atom stereocenters. The maximum Gasteiger partial charge on any atom is 0.242 e. The van der Waals surface area contributed by atoms with Gasteiger partial charge in [-0.15, -0.1) is 0 Å². The lowest BCUT2D eigenvalue weighted by atomic mass is 9.86. The van der Waals surface area contributed by atoms with Gasteiger partial charge in [-0.3, -0.25) is 14.5 Å². The van der Waals surface area contributed by atoms with Crippen molar-refractivity contribution in [3.05, 3.63) is 0 Å². The highest BCUT2D eigenvalue weighted by Crippen LogP contribution is 2.25. The van der Waals surface area contributed by atoms with Gasteiger partial charge < -0.3 is 10.1 Å². The van der Waals surface area contributed by atoms with Crippen molar-refractivity contribution in [3.63, 3.8) is 0 Å². The fraction of sp³-hybridized carbons (Fsp3) is 0.842. The molecule has 0 aromatic carbocycles. The Labute approximate surface area is 159 Å². The number of hydrogen-bond donors (Lipinski definition) is 1. The van der Waals surface area contributed by atoms with E-state index in [1.54, 1.807) is 0 Å². The molecule has 6 heteroatoms. The van der Waals surface area contributed by atoms with E-state index in [-0.39, 0.29) is 11.2 Å². The van der Waals surface area contributed by atoms with Gasteiger partial charge in [0.1, 0.15) is 6.79 Å². The lowest BCUT2D eigenvalue weighted by molar-refractivity contribution is -0.138. The first-order chi connectivity index (χ1) is 12.2. The molecular weight excluding hydrogens is 336 g/mol. The van der Waals surface area contributed by atoms with Crippen LogP contribution >= 0.6 is 11.8 Å². The number of hydrogen-bond acceptors (Lipinski definition) is 5. The van der Waals surface area contributed by atoms with Crippen molar-refractivity contribution >= 4 is 30.9 Å². The van der Waals surface area contributed by atoms with E-state index >= 15 is 0 Å². The van der Waals surface area contributed by atoms with Gasteiger partial charge in [0.25, 0.3) is 0 Å². The maximum atomic E-state index is 12.2. The molecule has 5 nitrogen and oxygen atoms in total. The number of amides is 2. The molecule has 0 aromatic rings. The van der Waals surface area contributed by atoms with E-state index in [1.807, 2.05) is 54.7 Å². The Bertz CT molecular complexity index is 305. The SMILES string of the molecule is C=O.CC.CC.CCC(SC)C(=O)N(C=O)CC1CCC(NC)CC1. The van der Waals surface area contributed by atoms with Crippen LogP contribution in [-0.4, -0.2) is 55.1 Å². The Balaban J connectivity index is -0.000000725. The Morgan fingerprint density at radius 3 is 2.00 bits per heavy atom. The Hall–Kier alpha value is -0.880. The van der Waals surface area contributed by atoms with Crippen molar-refractivity contribution in [3.8, 4) is 0 Å². The summed E-state index contributed by atoms with van der Waals surface area (Å²) in [7, 11) is 2.00. The molecule has 1 atom stereocenters. The van der Waals surface area contributed by atoms with Gasteiger partial charge in [0, 0.05) is 12.6 Å². The van der Waals surface area contributed by atoms with E-state index in [0.29, 0.717) is 24.9 Å². The Morgan fingerprint density at radius 1 is 1.20 bits per heavy atom. The zero-order valence-electron chi connectivity index (χ0n) is 17.3. The minimum absolute atomic E-state index is 0.0271. The average molecular weight is 377 g/mol. The number of carbonyl (C=O) groups excluding carboxylic acids is 3. The number of rotatable bonds is 7. The van der Waals surface area contributed by atoms with Crippen molar-refractivity contribution in [2.45, 2.75) is 78.0 Å². The molecule has 2 amide bonds. The molecule has 25 heavy (non-hydrogen) atoms. The molecule has 0 bridgehead atoms. The normalized spacial score (nSPS) is 19.5. The summed E-state index contributed by atoms with van der Waals surface area (Å²) in [5.41, 5.74) is 0. The predicted octanol–water partition coefficient (Wildman–Crippen LogP) is 3.76. The van der Waals surface area contributed by atoms with Crippen molar-refractivity contribution in [2.75, 3.05) is 19.8 Å². The van der Waals surface area contributed by atoms with E-state index in [2.05, 4.69) is 5.32 Å². The third-order valence-electron chi connectivity index (χ3n) is 4.05. The fourth-order valence-electron chi connectivity index (χ4n) is 2.72. The molecule has 0 aromatic heterocycles. The second-order valence-corrected chi connectivity index (χ2v) is 6.28. The number of thioether (sulfide) groups is 1. The summed E-state index contributed by atoms with van der Waals surface area (Å²) in [4.78, 5) is 32.8. The zero-order valence-corrected chi connectivity index (χ0v) is 18.2. The first-order valence-electron chi connectivity index (χ1n) is 9.40. The minimum atomic E-state index is -0.0844. The quantitative estimate of drug-likeness (QED) is 0.685. The molecule has 1 aliphatic carbocycles.